The second kappa shape index (κ2) is 8.16. The van der Waals surface area contributed by atoms with Gasteiger partial charge in [0.1, 0.15) is 5.70 Å². The van der Waals surface area contributed by atoms with Gasteiger partial charge in [-0.05, 0) is 39.5 Å². The Kier molecular flexibility index (Phi) is 5.89. The molecule has 30 heavy (non-hydrogen) atoms. The van der Waals surface area contributed by atoms with Crippen molar-refractivity contribution in [3.8, 4) is 0 Å². The minimum atomic E-state index is -1.05. The molecule has 3 heterocycles. The number of β-lactam (4-membered cyclic amide) rings is 1. The number of aliphatic carboxylic acids is 1. The third-order valence-electron chi connectivity index (χ3n) is 7.14. The van der Waals surface area contributed by atoms with E-state index in [2.05, 4.69) is 10.2 Å². The van der Waals surface area contributed by atoms with Crippen LogP contribution in [0.2, 0.25) is 0 Å². The van der Waals surface area contributed by atoms with Crippen LogP contribution >= 0.6 is 11.8 Å². The lowest BCUT2D eigenvalue weighted by molar-refractivity contribution is -0.163. The first-order valence-electron chi connectivity index (χ1n) is 10.9. The van der Waals surface area contributed by atoms with Crippen molar-refractivity contribution in [2.24, 2.45) is 11.8 Å². The lowest BCUT2D eigenvalue weighted by atomic mass is 9.79. The molecular formula is C21H32N4O4S. The van der Waals surface area contributed by atoms with E-state index >= 15 is 0 Å². The molecule has 166 valence electrons. The third kappa shape index (κ3) is 3.65. The average molecular weight is 437 g/mol. The number of amides is 1. The number of aliphatic hydroxyl groups excluding tert-OH is 1. The maximum absolute atomic E-state index is 12.4. The van der Waals surface area contributed by atoms with Gasteiger partial charge in [0.15, 0.2) is 0 Å². The molecule has 4 rings (SSSR count). The number of piperidine rings is 1. The molecule has 0 aromatic rings. The summed E-state index contributed by atoms with van der Waals surface area (Å²) in [6, 6.07) is 0.709. The number of aliphatic hydroxyl groups is 1. The lowest BCUT2D eigenvalue weighted by Gasteiger charge is -2.46. The molecule has 9 heteroatoms. The Balaban J connectivity index is 1.34. The predicted molar refractivity (Wildman–Crippen MR) is 115 cm³/mol. The van der Waals surface area contributed by atoms with E-state index in [-0.39, 0.29) is 23.6 Å². The van der Waals surface area contributed by atoms with Crippen molar-refractivity contribution in [3.05, 3.63) is 10.6 Å². The number of carbonyl (C=O) groups is 2. The number of nitrogens with zero attached hydrogens (tertiary/aromatic N) is 2. The van der Waals surface area contributed by atoms with Crippen LogP contribution in [-0.2, 0) is 9.59 Å². The predicted octanol–water partition coefficient (Wildman–Crippen LogP) is 1.46. The standard InChI is InChI=1S/C21H32N4O4S/c1-10-17-16(11(2)26)20(27)25(17)18(21(28)29)19(10)30-15-8-14(9-15)24-6-4-13(5-7-24)23-12(3)22/h10-11,13-17,26H,4-9H2,1-3H3,(H2,22,23)(H,28,29)/t10-,11-,14-,15-,16-,17-/m1/s1. The zero-order chi connectivity index (χ0) is 21.7. The van der Waals surface area contributed by atoms with Crippen LogP contribution in [0.3, 0.4) is 0 Å². The molecule has 1 saturated carbocycles. The van der Waals surface area contributed by atoms with E-state index in [9.17, 15) is 19.8 Å². The number of carboxylic acids is 1. The van der Waals surface area contributed by atoms with Crippen LogP contribution in [0.1, 0.15) is 46.5 Å². The van der Waals surface area contributed by atoms with Gasteiger partial charge in [0.05, 0.1) is 23.9 Å². The number of amidine groups is 1. The van der Waals surface area contributed by atoms with E-state index < -0.39 is 18.0 Å². The quantitative estimate of drug-likeness (QED) is 0.283. The van der Waals surface area contributed by atoms with Crippen molar-refractivity contribution < 1.29 is 19.8 Å². The SMILES string of the molecule is CC(=N)NC1CCN([C@H]2C[C@H](SC3=C(C(=O)O)N4C(=O)[C@H]([C@@H](C)O)[C@H]4[C@H]3C)C2)CC1. The summed E-state index contributed by atoms with van der Waals surface area (Å²) in [7, 11) is 0. The van der Waals surface area contributed by atoms with Crippen molar-refractivity contribution >= 4 is 29.5 Å². The summed E-state index contributed by atoms with van der Waals surface area (Å²) in [6.07, 6.45) is 3.41. The van der Waals surface area contributed by atoms with Crippen LogP contribution in [0.25, 0.3) is 0 Å². The van der Waals surface area contributed by atoms with E-state index in [0.29, 0.717) is 23.2 Å². The Hall–Kier alpha value is -1.58. The summed E-state index contributed by atoms with van der Waals surface area (Å²) in [4.78, 5) is 29.1. The number of rotatable bonds is 6. The van der Waals surface area contributed by atoms with Gasteiger partial charge in [-0.15, -0.1) is 11.8 Å². The zero-order valence-corrected chi connectivity index (χ0v) is 18.6. The van der Waals surface area contributed by atoms with Crippen LogP contribution in [0.5, 0.6) is 0 Å². The van der Waals surface area contributed by atoms with Gasteiger partial charge >= 0.3 is 5.97 Å². The van der Waals surface area contributed by atoms with Gasteiger partial charge < -0.3 is 25.3 Å². The highest BCUT2D eigenvalue weighted by Gasteiger charge is 2.60. The monoisotopic (exact) mass is 436 g/mol. The third-order valence-corrected chi connectivity index (χ3v) is 8.68. The summed E-state index contributed by atoms with van der Waals surface area (Å²) in [6.45, 7) is 7.44. The van der Waals surface area contributed by atoms with Crippen molar-refractivity contribution in [1.82, 2.24) is 15.1 Å². The van der Waals surface area contributed by atoms with Crippen LogP contribution < -0.4 is 5.32 Å². The minimum Gasteiger partial charge on any atom is -0.477 e. The van der Waals surface area contributed by atoms with Crippen molar-refractivity contribution in [2.45, 2.75) is 75.9 Å². The van der Waals surface area contributed by atoms with E-state index in [4.69, 9.17) is 5.41 Å². The molecule has 1 amide bonds. The fourth-order valence-electron chi connectivity index (χ4n) is 5.51. The Morgan fingerprint density at radius 1 is 1.30 bits per heavy atom. The number of hydrogen-bond acceptors (Lipinski definition) is 6. The second-order valence-corrected chi connectivity index (χ2v) is 10.6. The summed E-state index contributed by atoms with van der Waals surface area (Å²) >= 11 is 1.63. The van der Waals surface area contributed by atoms with Gasteiger partial charge in [0.25, 0.3) is 0 Å². The van der Waals surface area contributed by atoms with Crippen molar-refractivity contribution in [3.63, 3.8) is 0 Å². The minimum absolute atomic E-state index is 0.0522. The van der Waals surface area contributed by atoms with E-state index in [0.717, 1.165) is 43.7 Å². The van der Waals surface area contributed by atoms with Crippen LogP contribution in [-0.4, -0.2) is 80.3 Å². The molecule has 3 fully saturated rings. The van der Waals surface area contributed by atoms with Gasteiger partial charge in [-0.1, -0.05) is 6.92 Å². The van der Waals surface area contributed by atoms with Crippen LogP contribution in [0, 0.1) is 17.2 Å². The number of likely N-dealkylation sites (tertiary alicyclic amines) is 1. The molecule has 0 aromatic carbocycles. The van der Waals surface area contributed by atoms with E-state index in [1.54, 1.807) is 25.6 Å². The fraction of sp³-hybridized carbons (Fsp3) is 0.762. The molecule has 1 aliphatic carbocycles. The smallest absolute Gasteiger partial charge is 0.353 e. The first-order chi connectivity index (χ1) is 14.2. The molecule has 0 aromatic heterocycles. The Labute approximate surface area is 181 Å². The fourth-order valence-corrected chi connectivity index (χ4v) is 7.15. The Bertz CT molecular complexity index is 771. The number of nitrogens with one attached hydrogen (secondary N) is 2. The number of carboxylic acid groups (broad SMARTS) is 1. The molecule has 4 aliphatic rings. The average Bonchev–Trinajstić information content (AvgIpc) is 2.87. The lowest BCUT2D eigenvalue weighted by Crippen LogP contribution is -2.63. The zero-order valence-electron chi connectivity index (χ0n) is 17.8. The molecule has 0 radical (unpaired) electrons. The number of hydrogen-bond donors (Lipinski definition) is 4. The molecule has 4 N–H and O–H groups in total. The maximum Gasteiger partial charge on any atom is 0.353 e. The summed E-state index contributed by atoms with van der Waals surface area (Å²) in [5, 5.41) is 30.9. The van der Waals surface area contributed by atoms with Gasteiger partial charge in [0, 0.05) is 41.2 Å². The molecule has 8 nitrogen and oxygen atoms in total. The molecular weight excluding hydrogens is 404 g/mol. The summed E-state index contributed by atoms with van der Waals surface area (Å²) < 4.78 is 0. The van der Waals surface area contributed by atoms with Gasteiger partial charge in [-0.3, -0.25) is 10.2 Å². The summed E-state index contributed by atoms with van der Waals surface area (Å²) in [5.41, 5.74) is 0.136. The first-order valence-corrected chi connectivity index (χ1v) is 11.8. The Morgan fingerprint density at radius 2 is 1.93 bits per heavy atom. The number of fused-ring (bicyclic) bond motifs is 1. The normalized spacial score (nSPS) is 35.5. The molecule has 0 spiro atoms. The maximum atomic E-state index is 12.4. The van der Waals surface area contributed by atoms with Gasteiger partial charge in [0.2, 0.25) is 5.91 Å². The highest BCUT2D eigenvalue weighted by Crippen LogP contribution is 2.53. The second-order valence-electron chi connectivity index (χ2n) is 9.22. The van der Waals surface area contributed by atoms with Crippen LogP contribution in [0.15, 0.2) is 10.6 Å². The van der Waals surface area contributed by atoms with Gasteiger partial charge in [-0.2, -0.15) is 0 Å². The largest absolute Gasteiger partial charge is 0.477 e. The highest BCUT2D eigenvalue weighted by molar-refractivity contribution is 8.03. The highest BCUT2D eigenvalue weighted by atomic mass is 32.2. The van der Waals surface area contributed by atoms with E-state index in [1.807, 2.05) is 6.92 Å². The van der Waals surface area contributed by atoms with Gasteiger partial charge in [-0.25, -0.2) is 4.79 Å². The summed E-state index contributed by atoms with van der Waals surface area (Å²) in [5.74, 6) is -1.33. The van der Waals surface area contributed by atoms with Crippen molar-refractivity contribution in [1.29, 1.82) is 5.41 Å². The van der Waals surface area contributed by atoms with Crippen LogP contribution in [0.4, 0.5) is 0 Å². The van der Waals surface area contributed by atoms with Crippen molar-refractivity contribution in [2.75, 3.05) is 13.1 Å². The van der Waals surface area contributed by atoms with E-state index in [1.165, 1.54) is 4.90 Å². The molecule has 0 bridgehead atoms. The Morgan fingerprint density at radius 3 is 2.47 bits per heavy atom. The molecule has 3 aliphatic heterocycles. The number of carbonyl (C=O) groups excluding carboxylic acids is 1. The number of thioether (sulfide) groups is 1. The molecule has 4 atom stereocenters. The molecule has 0 unspecified atom stereocenters. The molecule has 2 saturated heterocycles. The topological polar surface area (TPSA) is 117 Å². The first kappa shape index (κ1) is 21.6.